The molecule has 0 radical (unpaired) electrons. The van der Waals surface area contributed by atoms with Crippen LogP contribution in [0.15, 0.2) is 34.2 Å². The fraction of sp³-hybridized carbons (Fsp3) is 0.200. The van der Waals surface area contributed by atoms with E-state index >= 15 is 0 Å². The Kier molecular flexibility index (Phi) is 5.75. The van der Waals surface area contributed by atoms with Crippen LogP contribution in [0, 0.1) is 5.82 Å². The van der Waals surface area contributed by atoms with Gasteiger partial charge in [0.15, 0.2) is 11.0 Å². The fourth-order valence-electron chi connectivity index (χ4n) is 1.87. The molecule has 0 aliphatic carbocycles. The molecule has 0 saturated heterocycles. The summed E-state index contributed by atoms with van der Waals surface area (Å²) in [7, 11) is 0. The van der Waals surface area contributed by atoms with Crippen molar-refractivity contribution in [3.63, 3.8) is 0 Å². The quantitative estimate of drug-likeness (QED) is 0.496. The summed E-state index contributed by atoms with van der Waals surface area (Å²) in [4.78, 5) is 41.3. The molecule has 1 aromatic heterocycles. The van der Waals surface area contributed by atoms with E-state index in [9.17, 15) is 23.9 Å². The number of carboxylic acid groups (broad SMARTS) is 1. The van der Waals surface area contributed by atoms with Crippen LogP contribution in [-0.2, 0) is 4.79 Å². The van der Waals surface area contributed by atoms with Gasteiger partial charge in [-0.3, -0.25) is 14.6 Å². The molecule has 1 atom stereocenters. The lowest BCUT2D eigenvalue weighted by molar-refractivity contribution is -0.304. The first-order valence-electron chi connectivity index (χ1n) is 7.16. The van der Waals surface area contributed by atoms with Gasteiger partial charge in [-0.15, -0.1) is 0 Å². The second-order valence-electron chi connectivity index (χ2n) is 4.93. The number of nitrogens with zero attached hydrogens (tertiary/aromatic N) is 1. The van der Waals surface area contributed by atoms with Crippen molar-refractivity contribution in [2.45, 2.75) is 23.8 Å². The summed E-state index contributed by atoms with van der Waals surface area (Å²) in [5.74, 6) is -2.73. The number of amides is 1. The van der Waals surface area contributed by atoms with E-state index in [2.05, 4.69) is 15.3 Å². The first-order valence-corrected chi connectivity index (χ1v) is 8.04. The van der Waals surface area contributed by atoms with Crippen LogP contribution in [0.5, 0.6) is 0 Å². The largest absolute Gasteiger partial charge is 0.549 e. The van der Waals surface area contributed by atoms with Gasteiger partial charge in [0.2, 0.25) is 0 Å². The Balaban J connectivity index is 2.22. The standard InChI is InChI=1S/C15H15FN4O4S/c1-2-9(14(23)24)25-15-19-11(17)10(13(22)20-15)18-12(21)7-3-5-8(16)6-4-7/h3-6,9H,2H2,1H3,(H,18,21)(H,23,24)(H3,17,19,20,22)/p-1/t9-/m1/s1. The van der Waals surface area contributed by atoms with Gasteiger partial charge in [0.25, 0.3) is 11.5 Å². The lowest BCUT2D eigenvalue weighted by atomic mass is 10.2. The van der Waals surface area contributed by atoms with Crippen molar-refractivity contribution < 1.29 is 19.1 Å². The zero-order valence-electron chi connectivity index (χ0n) is 13.0. The highest BCUT2D eigenvalue weighted by Crippen LogP contribution is 2.23. The van der Waals surface area contributed by atoms with E-state index < -0.39 is 28.5 Å². The van der Waals surface area contributed by atoms with Gasteiger partial charge >= 0.3 is 0 Å². The number of nitrogens with one attached hydrogen (secondary N) is 2. The Morgan fingerprint density at radius 2 is 2.04 bits per heavy atom. The number of nitrogen functional groups attached to an aromatic ring is 1. The highest BCUT2D eigenvalue weighted by molar-refractivity contribution is 8.00. The molecule has 1 heterocycles. The van der Waals surface area contributed by atoms with Gasteiger partial charge in [-0.25, -0.2) is 9.37 Å². The van der Waals surface area contributed by atoms with E-state index in [0.717, 1.165) is 23.9 Å². The summed E-state index contributed by atoms with van der Waals surface area (Å²) in [5.41, 5.74) is 4.80. The smallest absolute Gasteiger partial charge is 0.277 e. The third kappa shape index (κ3) is 4.57. The lowest BCUT2D eigenvalue weighted by Gasteiger charge is -2.15. The number of rotatable bonds is 6. The molecule has 2 rings (SSSR count). The number of halogens is 1. The molecule has 1 amide bonds. The fourth-order valence-corrected chi connectivity index (χ4v) is 2.70. The second kappa shape index (κ2) is 7.79. The number of aromatic nitrogens is 2. The van der Waals surface area contributed by atoms with Gasteiger partial charge in [0.05, 0.1) is 11.2 Å². The summed E-state index contributed by atoms with van der Waals surface area (Å²) < 4.78 is 12.9. The minimum absolute atomic E-state index is 0.00155. The van der Waals surface area contributed by atoms with Gasteiger partial charge in [-0.2, -0.15) is 0 Å². The summed E-state index contributed by atoms with van der Waals surface area (Å²) in [6.45, 7) is 1.65. The number of thioether (sulfide) groups is 1. The van der Waals surface area contributed by atoms with Crippen LogP contribution in [0.4, 0.5) is 15.9 Å². The maximum Gasteiger partial charge on any atom is 0.277 e. The average Bonchev–Trinajstić information content (AvgIpc) is 2.56. The molecule has 8 nitrogen and oxygen atoms in total. The Morgan fingerprint density at radius 1 is 1.40 bits per heavy atom. The zero-order chi connectivity index (χ0) is 18.6. The van der Waals surface area contributed by atoms with Crippen molar-refractivity contribution in [2.75, 3.05) is 11.1 Å². The number of anilines is 2. The summed E-state index contributed by atoms with van der Waals surface area (Å²) >= 11 is 0.788. The van der Waals surface area contributed by atoms with Gasteiger partial charge in [-0.1, -0.05) is 18.7 Å². The lowest BCUT2D eigenvalue weighted by Crippen LogP contribution is -2.33. The molecule has 132 valence electrons. The second-order valence-corrected chi connectivity index (χ2v) is 6.12. The maximum atomic E-state index is 12.9. The van der Waals surface area contributed by atoms with Gasteiger partial charge in [0, 0.05) is 5.56 Å². The van der Waals surface area contributed by atoms with Gasteiger partial charge < -0.3 is 21.0 Å². The van der Waals surface area contributed by atoms with E-state index in [1.54, 1.807) is 6.92 Å². The number of H-pyrrole nitrogens is 1. The molecular formula is C15H14FN4O4S-. The van der Waals surface area contributed by atoms with E-state index in [1.165, 1.54) is 12.1 Å². The van der Waals surface area contributed by atoms with Crippen molar-refractivity contribution >= 4 is 35.1 Å². The molecule has 0 saturated carbocycles. The van der Waals surface area contributed by atoms with E-state index in [4.69, 9.17) is 5.73 Å². The van der Waals surface area contributed by atoms with Crippen molar-refractivity contribution in [3.8, 4) is 0 Å². The topological polar surface area (TPSA) is 141 Å². The first-order chi connectivity index (χ1) is 11.8. The number of carbonyl (C=O) groups excluding carboxylic acids is 2. The van der Waals surface area contributed by atoms with Crippen LogP contribution in [0.2, 0.25) is 0 Å². The number of carboxylic acids is 1. The Bertz CT molecular complexity index is 854. The van der Waals surface area contributed by atoms with Crippen LogP contribution in [-0.4, -0.2) is 27.1 Å². The Morgan fingerprint density at radius 3 is 2.56 bits per heavy atom. The molecule has 0 bridgehead atoms. The van der Waals surface area contributed by atoms with Gasteiger partial charge in [0.1, 0.15) is 11.5 Å². The number of aromatic amines is 1. The molecule has 1 aromatic carbocycles. The van der Waals surface area contributed by atoms with Crippen LogP contribution >= 0.6 is 11.8 Å². The van der Waals surface area contributed by atoms with E-state index in [0.29, 0.717) is 0 Å². The third-order valence-electron chi connectivity index (χ3n) is 3.16. The van der Waals surface area contributed by atoms with Crippen molar-refractivity contribution in [1.29, 1.82) is 0 Å². The summed E-state index contributed by atoms with van der Waals surface area (Å²) in [6.07, 6.45) is 0.264. The monoisotopic (exact) mass is 365 g/mol. The van der Waals surface area contributed by atoms with E-state index in [1.807, 2.05) is 0 Å². The normalized spacial score (nSPS) is 11.8. The molecule has 25 heavy (non-hydrogen) atoms. The highest BCUT2D eigenvalue weighted by Gasteiger charge is 2.16. The number of nitrogens with two attached hydrogens (primary N) is 1. The van der Waals surface area contributed by atoms with E-state index in [-0.39, 0.29) is 28.6 Å². The summed E-state index contributed by atoms with van der Waals surface area (Å²) in [6, 6.07) is 4.70. The number of aliphatic carboxylic acids is 1. The van der Waals surface area contributed by atoms with Crippen LogP contribution in [0.25, 0.3) is 0 Å². The third-order valence-corrected chi connectivity index (χ3v) is 4.39. The van der Waals surface area contributed by atoms with Gasteiger partial charge in [-0.05, 0) is 30.7 Å². The van der Waals surface area contributed by atoms with Crippen LogP contribution in [0.3, 0.4) is 0 Å². The molecule has 4 N–H and O–H groups in total. The van der Waals surface area contributed by atoms with Crippen molar-refractivity contribution in [3.05, 3.63) is 46.0 Å². The first kappa shape index (κ1) is 18.5. The molecule has 0 spiro atoms. The predicted molar refractivity (Wildman–Crippen MR) is 88.6 cm³/mol. The minimum atomic E-state index is -1.29. The highest BCUT2D eigenvalue weighted by atomic mass is 32.2. The molecule has 0 unspecified atom stereocenters. The summed E-state index contributed by atoms with van der Waals surface area (Å²) in [5, 5.41) is 12.3. The Labute approximate surface area is 145 Å². The average molecular weight is 365 g/mol. The predicted octanol–water partition coefficient (Wildman–Crippen LogP) is 0.364. The molecule has 2 aromatic rings. The molecule has 0 fully saturated rings. The SMILES string of the molecule is CC[C@@H](Sc1nc(N)c(NC(=O)c2ccc(F)cc2)c(=O)[nH]1)C(=O)[O-]. The van der Waals surface area contributed by atoms with Crippen molar-refractivity contribution in [1.82, 2.24) is 9.97 Å². The molecular weight excluding hydrogens is 351 g/mol. The number of carbonyl (C=O) groups is 2. The minimum Gasteiger partial charge on any atom is -0.549 e. The molecule has 0 aliphatic rings. The number of benzene rings is 1. The number of hydrogen-bond donors (Lipinski definition) is 3. The van der Waals surface area contributed by atoms with Crippen molar-refractivity contribution in [2.24, 2.45) is 0 Å². The van der Waals surface area contributed by atoms with Crippen LogP contribution in [0.1, 0.15) is 23.7 Å². The molecule has 0 aliphatic heterocycles. The zero-order valence-corrected chi connectivity index (χ0v) is 13.9. The van der Waals surface area contributed by atoms with Crippen LogP contribution < -0.4 is 21.7 Å². The number of hydrogen-bond acceptors (Lipinski definition) is 7. The maximum absolute atomic E-state index is 12.9. The Hall–Kier alpha value is -2.88. The molecule has 10 heteroatoms.